The number of fused-ring (bicyclic) bond motifs is 1. The lowest BCUT2D eigenvalue weighted by Crippen LogP contribution is -2.40. The average molecular weight is 587 g/mol. The van der Waals surface area contributed by atoms with Crippen LogP contribution in [0.2, 0.25) is 0 Å². The monoisotopic (exact) mass is 585 g/mol. The van der Waals surface area contributed by atoms with Gasteiger partial charge in [-0.3, -0.25) is 4.90 Å². The molecule has 0 saturated carbocycles. The van der Waals surface area contributed by atoms with Crippen LogP contribution in [0.5, 0.6) is 11.5 Å². The van der Waals surface area contributed by atoms with Gasteiger partial charge in [-0.1, -0.05) is 64.1 Å². The lowest BCUT2D eigenvalue weighted by Gasteiger charge is -2.42. The van der Waals surface area contributed by atoms with E-state index in [2.05, 4.69) is 92.8 Å². The third-order valence-electron chi connectivity index (χ3n) is 7.05. The van der Waals surface area contributed by atoms with E-state index in [9.17, 15) is 0 Å². The predicted molar refractivity (Wildman–Crippen MR) is 160 cm³/mol. The van der Waals surface area contributed by atoms with Crippen LogP contribution in [0.3, 0.4) is 0 Å². The van der Waals surface area contributed by atoms with Crippen LogP contribution in [0.4, 0.5) is 0 Å². The maximum atomic E-state index is 5.47. The molecule has 0 N–H and O–H groups in total. The molecule has 3 aromatic rings. The van der Waals surface area contributed by atoms with Gasteiger partial charge in [-0.05, 0) is 77.4 Å². The van der Waals surface area contributed by atoms with E-state index in [4.69, 9.17) is 14.5 Å². The molecular formula is C31H28BrN3O2S. The molecule has 0 fully saturated rings. The molecule has 0 spiro atoms. The number of rotatable bonds is 5. The van der Waals surface area contributed by atoms with Crippen molar-refractivity contribution in [2.75, 3.05) is 34.4 Å². The van der Waals surface area contributed by atoms with Crippen LogP contribution >= 0.6 is 27.7 Å². The number of likely N-dealkylation sites (N-methyl/N-ethyl adjacent to an activating group) is 1. The van der Waals surface area contributed by atoms with Crippen molar-refractivity contribution in [1.82, 2.24) is 9.80 Å². The Morgan fingerprint density at radius 1 is 0.895 bits per heavy atom. The maximum absolute atomic E-state index is 5.47. The Balaban J connectivity index is 1.48. The molecule has 3 heterocycles. The molecule has 0 saturated heterocycles. The van der Waals surface area contributed by atoms with Crippen LogP contribution in [-0.2, 0) is 0 Å². The molecule has 3 aliphatic heterocycles. The van der Waals surface area contributed by atoms with Crippen molar-refractivity contribution in [3.05, 3.63) is 116 Å². The third-order valence-corrected chi connectivity index (χ3v) is 8.42. The largest absolute Gasteiger partial charge is 0.497 e. The molecule has 38 heavy (non-hydrogen) atoms. The third kappa shape index (κ3) is 4.70. The molecule has 0 aromatic heterocycles. The summed E-state index contributed by atoms with van der Waals surface area (Å²) in [4.78, 5) is 10.1. The van der Waals surface area contributed by atoms with Crippen molar-refractivity contribution < 1.29 is 9.47 Å². The highest BCUT2D eigenvalue weighted by atomic mass is 79.9. The van der Waals surface area contributed by atoms with E-state index in [1.165, 1.54) is 28.0 Å². The summed E-state index contributed by atoms with van der Waals surface area (Å²) in [5.74, 6) is 1.71. The van der Waals surface area contributed by atoms with Crippen LogP contribution in [0, 0.1) is 0 Å². The van der Waals surface area contributed by atoms with E-state index in [1.807, 2.05) is 24.3 Å². The zero-order valence-electron chi connectivity index (χ0n) is 21.5. The summed E-state index contributed by atoms with van der Waals surface area (Å²) in [5, 5.41) is 3.24. The lowest BCUT2D eigenvalue weighted by molar-refractivity contribution is 0.344. The molecule has 0 bridgehead atoms. The summed E-state index contributed by atoms with van der Waals surface area (Å²) in [7, 11) is 5.58. The van der Waals surface area contributed by atoms with E-state index in [-0.39, 0.29) is 6.04 Å². The number of thioether (sulfide) groups is 1. The highest BCUT2D eigenvalue weighted by Gasteiger charge is 2.41. The standard InChI is InChI=1S/C31H28BrN3O2S/c1-34-17-23(16-20-4-12-25(36-2)13-5-20)29-27(18-34)30(22-8-14-26(37-3)15-9-22)35-28(19-38-31(35)33-29)21-6-10-24(32)11-7-21/h4-16,19,30H,17-18H2,1-3H3. The number of hydrogen-bond acceptors (Lipinski definition) is 6. The molecule has 1 unspecified atom stereocenters. The van der Waals surface area contributed by atoms with Crippen molar-refractivity contribution in [2.45, 2.75) is 6.04 Å². The SMILES string of the molecule is COc1ccc(C=C2CN(C)CC3=C2N=C2SC=C(c4ccc(Br)cc4)N2C3c2ccc(OC)cc2)cc1. The summed E-state index contributed by atoms with van der Waals surface area (Å²) in [6.07, 6.45) is 2.26. The number of methoxy groups -OCH3 is 2. The Labute approximate surface area is 236 Å². The second kappa shape index (κ2) is 10.5. The van der Waals surface area contributed by atoms with E-state index >= 15 is 0 Å². The quantitative estimate of drug-likeness (QED) is 0.316. The normalized spacial score (nSPS) is 20.2. The summed E-state index contributed by atoms with van der Waals surface area (Å²) < 4.78 is 11.9. The minimum Gasteiger partial charge on any atom is -0.497 e. The molecule has 3 aromatic carbocycles. The van der Waals surface area contributed by atoms with Crippen LogP contribution in [0.1, 0.15) is 22.7 Å². The van der Waals surface area contributed by atoms with E-state index < -0.39 is 0 Å². The molecule has 0 radical (unpaired) electrons. The van der Waals surface area contributed by atoms with Crippen LogP contribution in [-0.4, -0.2) is 49.3 Å². The Hall–Kier alpha value is -3.26. The first-order valence-corrected chi connectivity index (χ1v) is 14.1. The molecule has 5 nitrogen and oxygen atoms in total. The Morgan fingerprint density at radius 2 is 1.55 bits per heavy atom. The number of ether oxygens (including phenoxy) is 2. The summed E-state index contributed by atoms with van der Waals surface area (Å²) in [6.45, 7) is 1.69. The lowest BCUT2D eigenvalue weighted by atomic mass is 9.88. The number of halogens is 1. The van der Waals surface area contributed by atoms with E-state index in [1.54, 1.807) is 26.0 Å². The molecule has 1 atom stereocenters. The predicted octanol–water partition coefficient (Wildman–Crippen LogP) is 7.21. The zero-order valence-corrected chi connectivity index (χ0v) is 23.9. The number of amidine groups is 1. The highest BCUT2D eigenvalue weighted by molar-refractivity contribution is 9.10. The van der Waals surface area contributed by atoms with Gasteiger partial charge in [-0.15, -0.1) is 0 Å². The fraction of sp³-hybridized carbons (Fsp3) is 0.194. The first kappa shape index (κ1) is 25.0. The van der Waals surface area contributed by atoms with Crippen LogP contribution in [0.15, 0.2) is 105 Å². The van der Waals surface area contributed by atoms with E-state index in [0.29, 0.717) is 0 Å². The van der Waals surface area contributed by atoms with Crippen molar-refractivity contribution in [2.24, 2.45) is 4.99 Å². The highest BCUT2D eigenvalue weighted by Crippen LogP contribution is 2.49. The van der Waals surface area contributed by atoms with Gasteiger partial charge in [-0.25, -0.2) is 4.99 Å². The van der Waals surface area contributed by atoms with Crippen molar-refractivity contribution in [1.29, 1.82) is 0 Å². The topological polar surface area (TPSA) is 37.3 Å². The van der Waals surface area contributed by atoms with E-state index in [0.717, 1.165) is 45.5 Å². The zero-order chi connectivity index (χ0) is 26.2. The van der Waals surface area contributed by atoms with Crippen LogP contribution < -0.4 is 9.47 Å². The molecular weight excluding hydrogens is 558 g/mol. The van der Waals surface area contributed by atoms with Gasteiger partial charge in [0.15, 0.2) is 5.17 Å². The molecule has 0 amide bonds. The van der Waals surface area contributed by atoms with Gasteiger partial charge in [-0.2, -0.15) is 0 Å². The first-order chi connectivity index (χ1) is 18.5. The fourth-order valence-corrected chi connectivity index (χ4v) is 6.43. The summed E-state index contributed by atoms with van der Waals surface area (Å²) in [6, 6.07) is 25.2. The first-order valence-electron chi connectivity index (χ1n) is 12.5. The molecule has 0 aliphatic carbocycles. The van der Waals surface area contributed by atoms with Crippen LogP contribution in [0.25, 0.3) is 11.8 Å². The van der Waals surface area contributed by atoms with Crippen molar-refractivity contribution >= 4 is 44.6 Å². The number of nitrogens with zero attached hydrogens (tertiary/aromatic N) is 3. The second-order valence-corrected chi connectivity index (χ2v) is 11.3. The molecule has 6 rings (SSSR count). The van der Waals surface area contributed by atoms with Gasteiger partial charge in [0.1, 0.15) is 11.5 Å². The number of benzene rings is 3. The summed E-state index contributed by atoms with van der Waals surface area (Å²) in [5.41, 5.74) is 8.33. The van der Waals surface area contributed by atoms with Gasteiger partial charge in [0, 0.05) is 23.0 Å². The molecule has 192 valence electrons. The van der Waals surface area contributed by atoms with Gasteiger partial charge >= 0.3 is 0 Å². The van der Waals surface area contributed by atoms with Gasteiger partial charge in [0.25, 0.3) is 0 Å². The average Bonchev–Trinajstić information content (AvgIpc) is 3.36. The Morgan fingerprint density at radius 3 is 2.21 bits per heavy atom. The minimum absolute atomic E-state index is 0.0234. The smallest absolute Gasteiger partial charge is 0.174 e. The summed E-state index contributed by atoms with van der Waals surface area (Å²) >= 11 is 5.27. The molecule has 7 heteroatoms. The van der Waals surface area contributed by atoms with Crippen molar-refractivity contribution in [3.8, 4) is 11.5 Å². The Bertz CT molecular complexity index is 1480. The van der Waals surface area contributed by atoms with Gasteiger partial charge in [0.05, 0.1) is 31.7 Å². The van der Waals surface area contributed by atoms with Gasteiger partial charge < -0.3 is 14.4 Å². The maximum Gasteiger partial charge on any atom is 0.174 e. The number of aliphatic imine (C=N–C) groups is 1. The number of hydrogen-bond donors (Lipinski definition) is 0. The molecule has 3 aliphatic rings. The minimum atomic E-state index is 0.0234. The van der Waals surface area contributed by atoms with Gasteiger partial charge in [0.2, 0.25) is 0 Å². The fourth-order valence-electron chi connectivity index (χ4n) is 5.24. The Kier molecular flexibility index (Phi) is 6.91. The van der Waals surface area contributed by atoms with Crippen molar-refractivity contribution in [3.63, 3.8) is 0 Å². The second-order valence-electron chi connectivity index (χ2n) is 9.56.